The number of methoxy groups -OCH3 is 1. The lowest BCUT2D eigenvalue weighted by molar-refractivity contribution is -0.138. The number of carbonyl (C=O) groups excluding carboxylic acids is 4. The van der Waals surface area contributed by atoms with E-state index in [1.165, 1.54) is 19.1 Å². The van der Waals surface area contributed by atoms with Crippen molar-refractivity contribution in [3.05, 3.63) is 59.7 Å². The van der Waals surface area contributed by atoms with Gasteiger partial charge in [-0.3, -0.25) is 29.0 Å². The molecule has 3 heterocycles. The molecule has 4 amide bonds. The third-order valence-electron chi connectivity index (χ3n) is 10.1. The van der Waals surface area contributed by atoms with Crippen molar-refractivity contribution in [3.63, 3.8) is 0 Å². The molecule has 0 radical (unpaired) electrons. The van der Waals surface area contributed by atoms with Crippen LogP contribution in [0.15, 0.2) is 54.1 Å². The second-order valence-corrected chi connectivity index (χ2v) is 13.3. The average Bonchev–Trinajstić information content (AvgIpc) is 3.36. The Balaban J connectivity index is 1.30. The van der Waals surface area contributed by atoms with Gasteiger partial charge in [0.25, 0.3) is 11.8 Å². The van der Waals surface area contributed by atoms with Gasteiger partial charge in [-0.25, -0.2) is 0 Å². The number of phenols is 1. The van der Waals surface area contributed by atoms with Crippen LogP contribution in [0, 0.1) is 17.8 Å². The van der Waals surface area contributed by atoms with Crippen LogP contribution in [0.2, 0.25) is 0 Å². The van der Waals surface area contributed by atoms with Gasteiger partial charge in [-0.05, 0) is 49.1 Å². The Kier molecular flexibility index (Phi) is 6.77. The van der Waals surface area contributed by atoms with Gasteiger partial charge in [0.05, 0.1) is 37.8 Å². The first-order valence-electron chi connectivity index (χ1n) is 14.6. The number of phenolic OH excluding ortho intramolecular Hbond substituents is 1. The number of para-hydroxylation sites is 1. The summed E-state index contributed by atoms with van der Waals surface area (Å²) in [5.41, 5.74) is 2.29. The molecule has 4 fully saturated rings. The summed E-state index contributed by atoms with van der Waals surface area (Å²) in [4.78, 5) is 55.9. The van der Waals surface area contributed by atoms with Crippen LogP contribution in [-0.4, -0.2) is 83.8 Å². The van der Waals surface area contributed by atoms with E-state index in [4.69, 9.17) is 32.7 Å². The second kappa shape index (κ2) is 10.2. The number of nitrogens with zero attached hydrogens (tertiary/aromatic N) is 3. The Bertz CT molecular complexity index is 1620. The van der Waals surface area contributed by atoms with Crippen molar-refractivity contribution < 1.29 is 33.8 Å². The van der Waals surface area contributed by atoms with Gasteiger partial charge < -0.3 is 19.5 Å². The van der Waals surface area contributed by atoms with Gasteiger partial charge in [0.1, 0.15) is 0 Å². The number of fused-ring (bicyclic) bond motifs is 4. The molecule has 230 valence electrons. The van der Waals surface area contributed by atoms with Crippen LogP contribution in [0.1, 0.15) is 24.3 Å². The number of aromatic hydroxyl groups is 1. The number of hydrogen-bond acceptors (Lipinski definition) is 8. The number of amides is 4. The van der Waals surface area contributed by atoms with Crippen LogP contribution < -0.4 is 14.5 Å². The fourth-order valence-electron chi connectivity index (χ4n) is 7.92. The Hall–Kier alpha value is -3.60. The molecule has 0 spiro atoms. The number of imide groups is 2. The number of morpholine rings is 1. The van der Waals surface area contributed by atoms with Crippen LogP contribution in [0.5, 0.6) is 11.5 Å². The third-order valence-corrected chi connectivity index (χ3v) is 11.5. The van der Waals surface area contributed by atoms with Crippen molar-refractivity contribution in [1.29, 1.82) is 0 Å². The zero-order chi connectivity index (χ0) is 31.1. The van der Waals surface area contributed by atoms with E-state index in [9.17, 15) is 24.3 Å². The van der Waals surface area contributed by atoms with Crippen LogP contribution >= 0.6 is 23.2 Å². The van der Waals surface area contributed by atoms with Gasteiger partial charge in [-0.2, -0.15) is 0 Å². The molecule has 10 nitrogen and oxygen atoms in total. The zero-order valence-corrected chi connectivity index (χ0v) is 25.7. The van der Waals surface area contributed by atoms with E-state index < -0.39 is 51.1 Å². The molecule has 0 bridgehead atoms. The normalized spacial score (nSPS) is 33.3. The summed E-state index contributed by atoms with van der Waals surface area (Å²) < 4.78 is 10.8. The molecule has 3 aliphatic heterocycles. The lowest BCUT2D eigenvalue weighted by atomic mass is 9.56. The Labute approximate surface area is 264 Å². The number of ether oxygens (including phenoxy) is 2. The molecule has 44 heavy (non-hydrogen) atoms. The van der Waals surface area contributed by atoms with Crippen molar-refractivity contribution in [1.82, 2.24) is 4.90 Å². The maximum atomic E-state index is 14.2. The van der Waals surface area contributed by atoms with Crippen LogP contribution in [0.4, 0.5) is 11.4 Å². The Morgan fingerprint density at radius 2 is 1.61 bits per heavy atom. The van der Waals surface area contributed by atoms with Gasteiger partial charge in [-0.1, -0.05) is 23.8 Å². The monoisotopic (exact) mass is 639 g/mol. The highest BCUT2D eigenvalue weighted by molar-refractivity contribution is 6.53. The van der Waals surface area contributed by atoms with Gasteiger partial charge in [0.2, 0.25) is 11.8 Å². The number of likely N-dealkylation sites (tertiary alicyclic amines) is 1. The Morgan fingerprint density at radius 3 is 2.30 bits per heavy atom. The summed E-state index contributed by atoms with van der Waals surface area (Å²) in [5, 5.41) is 11.3. The highest BCUT2D eigenvalue weighted by Crippen LogP contribution is 2.66. The fourth-order valence-corrected chi connectivity index (χ4v) is 8.93. The van der Waals surface area contributed by atoms with E-state index in [2.05, 4.69) is 4.90 Å². The second-order valence-electron chi connectivity index (χ2n) is 12.0. The summed E-state index contributed by atoms with van der Waals surface area (Å²) in [5.74, 6) is -5.44. The van der Waals surface area contributed by atoms with E-state index in [0.717, 1.165) is 23.7 Å². The number of alkyl halides is 2. The molecule has 2 aliphatic carbocycles. The number of halogens is 2. The van der Waals surface area contributed by atoms with E-state index >= 15 is 0 Å². The Morgan fingerprint density at radius 1 is 0.932 bits per heavy atom. The molecule has 3 saturated heterocycles. The minimum absolute atomic E-state index is 0.121. The fraction of sp³-hybridized carbons (Fsp3) is 0.438. The smallest absolute Gasteiger partial charge is 0.253 e. The summed E-state index contributed by atoms with van der Waals surface area (Å²) in [6, 6.07) is 12.1. The highest BCUT2D eigenvalue weighted by Gasteiger charge is 2.76. The standard InChI is InChI=1S/C32H31Cl2N3O7/c1-35-29(41)31(33)16-22-19(25(32(31,34)30(35)42)21-4-3-5-23(43-2)26(21)38)10-11-20-24(22)28(40)37(27(20)39)18-8-6-17(7-9-18)36-12-14-44-15-13-36/h3-10,20,22,24-25,38H,11-16H2,1-2H3. The topological polar surface area (TPSA) is 117 Å². The predicted molar refractivity (Wildman–Crippen MR) is 162 cm³/mol. The lowest BCUT2D eigenvalue weighted by Gasteiger charge is -2.50. The quantitative estimate of drug-likeness (QED) is 0.307. The molecule has 1 saturated carbocycles. The SMILES string of the molecule is COc1cccc(C2C3=CCC4C(=O)N(c5ccc(N6CCOCC6)cc5)C(=O)C4C3CC3(Cl)C(=O)N(C)C(=O)C23Cl)c1O. The number of benzene rings is 2. The molecular formula is C32H31Cl2N3O7. The highest BCUT2D eigenvalue weighted by atomic mass is 35.5. The van der Waals surface area contributed by atoms with Crippen molar-refractivity contribution in [2.24, 2.45) is 17.8 Å². The minimum Gasteiger partial charge on any atom is -0.504 e. The van der Waals surface area contributed by atoms with Gasteiger partial charge >= 0.3 is 0 Å². The molecular weight excluding hydrogens is 609 g/mol. The number of hydrogen-bond donors (Lipinski definition) is 1. The van der Waals surface area contributed by atoms with Gasteiger partial charge in [0.15, 0.2) is 21.2 Å². The van der Waals surface area contributed by atoms with Gasteiger partial charge in [0, 0.05) is 37.3 Å². The van der Waals surface area contributed by atoms with E-state index in [1.54, 1.807) is 30.3 Å². The van der Waals surface area contributed by atoms with Crippen molar-refractivity contribution in [2.75, 3.05) is 50.3 Å². The number of anilines is 2. The number of rotatable bonds is 4. The van der Waals surface area contributed by atoms with E-state index in [0.29, 0.717) is 24.5 Å². The summed E-state index contributed by atoms with van der Waals surface area (Å²) in [7, 11) is 2.73. The van der Waals surface area contributed by atoms with Gasteiger partial charge in [-0.15, -0.1) is 23.2 Å². The molecule has 0 aromatic heterocycles. The summed E-state index contributed by atoms with van der Waals surface area (Å²) in [6.45, 7) is 2.78. The minimum atomic E-state index is -1.99. The first-order valence-corrected chi connectivity index (χ1v) is 15.4. The maximum Gasteiger partial charge on any atom is 0.253 e. The first-order chi connectivity index (χ1) is 21.0. The maximum absolute atomic E-state index is 14.2. The van der Waals surface area contributed by atoms with Crippen LogP contribution in [0.3, 0.4) is 0 Å². The first kappa shape index (κ1) is 29.1. The molecule has 1 N–H and O–H groups in total. The molecule has 2 aromatic rings. The van der Waals surface area contributed by atoms with Crippen LogP contribution in [-0.2, 0) is 23.9 Å². The molecule has 2 aromatic carbocycles. The predicted octanol–water partition coefficient (Wildman–Crippen LogP) is 3.43. The molecule has 7 rings (SSSR count). The zero-order valence-electron chi connectivity index (χ0n) is 24.2. The summed E-state index contributed by atoms with van der Waals surface area (Å²) in [6.07, 6.45) is 1.94. The largest absolute Gasteiger partial charge is 0.504 e. The lowest BCUT2D eigenvalue weighted by Crippen LogP contribution is -2.60. The van der Waals surface area contributed by atoms with Crippen molar-refractivity contribution in [2.45, 2.75) is 28.5 Å². The molecule has 12 heteroatoms. The molecule has 6 unspecified atom stereocenters. The van der Waals surface area contributed by atoms with Crippen LogP contribution in [0.25, 0.3) is 0 Å². The van der Waals surface area contributed by atoms with Crippen molar-refractivity contribution in [3.8, 4) is 11.5 Å². The van der Waals surface area contributed by atoms with E-state index in [1.807, 2.05) is 18.2 Å². The summed E-state index contributed by atoms with van der Waals surface area (Å²) >= 11 is 14.4. The van der Waals surface area contributed by atoms with E-state index in [-0.39, 0.29) is 35.8 Å². The number of carbonyl (C=O) groups is 4. The average molecular weight is 641 g/mol. The third kappa shape index (κ3) is 3.77. The molecule has 5 aliphatic rings. The van der Waals surface area contributed by atoms with Crippen molar-refractivity contribution >= 4 is 58.2 Å². The molecule has 6 atom stereocenters. The number of allylic oxidation sites excluding steroid dienone is 2.